The third kappa shape index (κ3) is 3.78. The summed E-state index contributed by atoms with van der Waals surface area (Å²) < 4.78 is 27.8. The molecule has 0 bridgehead atoms. The first-order chi connectivity index (χ1) is 12.4. The maximum atomic E-state index is 12.5. The summed E-state index contributed by atoms with van der Waals surface area (Å²) in [6, 6.07) is 5.89. The third-order valence-corrected chi connectivity index (χ3v) is 5.61. The fourth-order valence-electron chi connectivity index (χ4n) is 2.73. The Labute approximate surface area is 151 Å². The predicted molar refractivity (Wildman–Crippen MR) is 96.5 cm³/mol. The van der Waals surface area contributed by atoms with E-state index in [4.69, 9.17) is 0 Å². The van der Waals surface area contributed by atoms with Crippen LogP contribution in [0, 0.1) is 0 Å². The zero-order valence-electron chi connectivity index (χ0n) is 14.6. The van der Waals surface area contributed by atoms with Crippen molar-refractivity contribution in [1.82, 2.24) is 24.4 Å². The van der Waals surface area contributed by atoms with Crippen molar-refractivity contribution in [2.75, 3.05) is 43.4 Å². The van der Waals surface area contributed by atoms with Gasteiger partial charge in [0.2, 0.25) is 16.0 Å². The molecule has 0 unspecified atom stereocenters. The van der Waals surface area contributed by atoms with Crippen molar-refractivity contribution in [2.45, 2.75) is 4.90 Å². The predicted octanol–water partition coefficient (Wildman–Crippen LogP) is 0.0773. The van der Waals surface area contributed by atoms with Gasteiger partial charge in [0.15, 0.2) is 0 Å². The molecule has 1 aliphatic rings. The van der Waals surface area contributed by atoms with Crippen LogP contribution in [0.5, 0.6) is 0 Å². The lowest BCUT2D eigenvalue weighted by molar-refractivity contribution is 0.208. The average Bonchev–Trinajstić information content (AvgIpc) is 3.08. The van der Waals surface area contributed by atoms with Gasteiger partial charge in [-0.15, -0.1) is 10.2 Å². The molecule has 2 heterocycles. The van der Waals surface area contributed by atoms with Crippen molar-refractivity contribution >= 4 is 27.7 Å². The fraction of sp³-hybridized carbons (Fsp3) is 0.400. The van der Waals surface area contributed by atoms with E-state index < -0.39 is 10.0 Å². The van der Waals surface area contributed by atoms with Gasteiger partial charge in [-0.1, -0.05) is 6.07 Å². The quantitative estimate of drug-likeness (QED) is 0.778. The number of urea groups is 1. The van der Waals surface area contributed by atoms with Gasteiger partial charge < -0.3 is 19.7 Å². The van der Waals surface area contributed by atoms with Crippen molar-refractivity contribution in [2.24, 2.45) is 7.05 Å². The Morgan fingerprint density at radius 3 is 2.54 bits per heavy atom. The molecule has 0 saturated carbocycles. The summed E-state index contributed by atoms with van der Waals surface area (Å²) in [5.41, 5.74) is 0.432. The number of benzene rings is 1. The van der Waals surface area contributed by atoms with E-state index in [1.807, 2.05) is 11.6 Å². The number of nitrogens with one attached hydrogen (secondary N) is 2. The Morgan fingerprint density at radius 2 is 1.92 bits per heavy atom. The molecular formula is C15H21N7O3S. The van der Waals surface area contributed by atoms with Crippen LogP contribution in [0.4, 0.5) is 16.4 Å². The minimum absolute atomic E-state index is 0.102. The summed E-state index contributed by atoms with van der Waals surface area (Å²) in [5, 5.41) is 10.7. The lowest BCUT2D eigenvalue weighted by Gasteiger charge is -2.34. The molecular weight excluding hydrogens is 358 g/mol. The van der Waals surface area contributed by atoms with Gasteiger partial charge in [0.25, 0.3) is 0 Å². The molecule has 140 valence electrons. The first kappa shape index (κ1) is 18.1. The van der Waals surface area contributed by atoms with E-state index in [1.54, 1.807) is 23.4 Å². The maximum Gasteiger partial charge on any atom is 0.321 e. The molecule has 1 saturated heterocycles. The highest BCUT2D eigenvalue weighted by Crippen LogP contribution is 2.17. The number of sulfonamides is 1. The number of anilines is 2. The topological polar surface area (TPSA) is 112 Å². The number of carbonyl (C=O) groups is 1. The summed E-state index contributed by atoms with van der Waals surface area (Å²) in [5.74, 6) is 0.773. The van der Waals surface area contributed by atoms with E-state index >= 15 is 0 Å². The number of carbonyl (C=O) groups excluding carboxylic acids is 1. The Hall–Kier alpha value is -2.66. The van der Waals surface area contributed by atoms with E-state index in [-0.39, 0.29) is 10.9 Å². The summed E-state index contributed by atoms with van der Waals surface area (Å²) in [6.07, 6.45) is 1.64. The van der Waals surface area contributed by atoms with Crippen molar-refractivity contribution in [3.8, 4) is 0 Å². The number of amides is 2. The molecule has 0 aliphatic carbocycles. The second-order valence-corrected chi connectivity index (χ2v) is 7.77. The zero-order valence-corrected chi connectivity index (χ0v) is 15.4. The van der Waals surface area contributed by atoms with Gasteiger partial charge in [0.1, 0.15) is 6.33 Å². The molecule has 3 rings (SSSR count). The Balaban J connectivity index is 1.61. The molecule has 2 aromatic rings. The molecule has 0 spiro atoms. The van der Waals surface area contributed by atoms with E-state index in [9.17, 15) is 13.2 Å². The molecule has 11 heteroatoms. The molecule has 26 heavy (non-hydrogen) atoms. The molecule has 1 fully saturated rings. The van der Waals surface area contributed by atoms with E-state index in [1.165, 1.54) is 19.2 Å². The van der Waals surface area contributed by atoms with Gasteiger partial charge in [-0.05, 0) is 25.2 Å². The van der Waals surface area contributed by atoms with Crippen LogP contribution in [-0.4, -0.2) is 67.3 Å². The van der Waals surface area contributed by atoms with Crippen molar-refractivity contribution in [3.63, 3.8) is 0 Å². The zero-order chi connectivity index (χ0) is 18.7. The van der Waals surface area contributed by atoms with Gasteiger partial charge >= 0.3 is 6.03 Å². The number of aromatic nitrogens is 3. The van der Waals surface area contributed by atoms with Crippen LogP contribution in [0.25, 0.3) is 0 Å². The first-order valence-corrected chi connectivity index (χ1v) is 9.57. The van der Waals surface area contributed by atoms with E-state index in [0.717, 1.165) is 5.95 Å². The van der Waals surface area contributed by atoms with Gasteiger partial charge in [0.05, 0.1) is 4.90 Å². The molecule has 1 aromatic carbocycles. The van der Waals surface area contributed by atoms with Crippen LogP contribution in [0.2, 0.25) is 0 Å². The van der Waals surface area contributed by atoms with Gasteiger partial charge in [-0.25, -0.2) is 17.9 Å². The smallest absolute Gasteiger partial charge is 0.321 e. The second kappa shape index (κ2) is 7.30. The standard InChI is InChI=1S/C15H21N7O3S/c1-16-26(24,25)13-5-3-4-12(10-13)18-15(23)22-8-6-21(7-9-22)14-19-17-11-20(14)2/h3-5,10-11,16H,6-9H2,1-2H3,(H,18,23). The minimum atomic E-state index is -3.55. The highest BCUT2D eigenvalue weighted by molar-refractivity contribution is 7.89. The minimum Gasteiger partial charge on any atom is -0.337 e. The highest BCUT2D eigenvalue weighted by atomic mass is 32.2. The van der Waals surface area contributed by atoms with E-state index in [0.29, 0.717) is 31.9 Å². The molecule has 2 amide bonds. The van der Waals surface area contributed by atoms with E-state index in [2.05, 4.69) is 25.1 Å². The lowest BCUT2D eigenvalue weighted by Crippen LogP contribution is -2.50. The van der Waals surface area contributed by atoms with Crippen LogP contribution >= 0.6 is 0 Å². The maximum absolute atomic E-state index is 12.5. The third-order valence-electron chi connectivity index (χ3n) is 4.20. The number of rotatable bonds is 4. The van der Waals surface area contributed by atoms with Crippen LogP contribution in [0.1, 0.15) is 0 Å². The van der Waals surface area contributed by atoms with Crippen molar-refractivity contribution < 1.29 is 13.2 Å². The van der Waals surface area contributed by atoms with Gasteiger partial charge in [-0.2, -0.15) is 0 Å². The Kier molecular flexibility index (Phi) is 5.09. The SMILES string of the molecule is CNS(=O)(=O)c1cccc(NC(=O)N2CCN(c3nncn3C)CC2)c1. The van der Waals surface area contributed by atoms with Crippen molar-refractivity contribution in [1.29, 1.82) is 0 Å². The Bertz CT molecular complexity index is 888. The lowest BCUT2D eigenvalue weighted by atomic mass is 10.3. The molecule has 1 aliphatic heterocycles. The summed E-state index contributed by atoms with van der Waals surface area (Å²) >= 11 is 0. The number of hydrogen-bond acceptors (Lipinski definition) is 6. The second-order valence-electron chi connectivity index (χ2n) is 5.88. The largest absolute Gasteiger partial charge is 0.337 e. The average molecular weight is 379 g/mol. The number of aryl methyl sites for hydroxylation is 1. The summed E-state index contributed by atoms with van der Waals surface area (Å²) in [4.78, 5) is 16.3. The summed E-state index contributed by atoms with van der Waals surface area (Å²) in [6.45, 7) is 2.36. The number of hydrogen-bond donors (Lipinski definition) is 2. The fourth-order valence-corrected chi connectivity index (χ4v) is 3.51. The molecule has 1 aromatic heterocycles. The first-order valence-electron chi connectivity index (χ1n) is 8.09. The number of nitrogens with zero attached hydrogens (tertiary/aromatic N) is 5. The van der Waals surface area contributed by atoms with Crippen LogP contribution in [-0.2, 0) is 17.1 Å². The highest BCUT2D eigenvalue weighted by Gasteiger charge is 2.23. The van der Waals surface area contributed by atoms with Crippen molar-refractivity contribution in [3.05, 3.63) is 30.6 Å². The van der Waals surface area contributed by atoms with Gasteiger partial charge in [0, 0.05) is 38.9 Å². The molecule has 0 atom stereocenters. The number of piperazine rings is 1. The van der Waals surface area contributed by atoms with Crippen LogP contribution < -0.4 is 14.9 Å². The molecule has 10 nitrogen and oxygen atoms in total. The molecule has 0 radical (unpaired) electrons. The summed E-state index contributed by atoms with van der Waals surface area (Å²) in [7, 11) is -0.335. The Morgan fingerprint density at radius 1 is 1.19 bits per heavy atom. The monoisotopic (exact) mass is 379 g/mol. The van der Waals surface area contributed by atoms with Crippen LogP contribution in [0.3, 0.4) is 0 Å². The van der Waals surface area contributed by atoms with Crippen LogP contribution in [0.15, 0.2) is 35.5 Å². The normalized spacial score (nSPS) is 15.2. The van der Waals surface area contributed by atoms with Gasteiger partial charge in [-0.3, -0.25) is 0 Å². The molecule has 2 N–H and O–H groups in total.